The number of H-pyrrole nitrogens is 1. The van der Waals surface area contributed by atoms with Crippen molar-refractivity contribution < 1.29 is 9.53 Å². The Morgan fingerprint density at radius 2 is 2.30 bits per heavy atom. The van der Waals surface area contributed by atoms with Gasteiger partial charge in [-0.3, -0.25) is 14.7 Å². The van der Waals surface area contributed by atoms with E-state index in [1.807, 2.05) is 13.8 Å². The van der Waals surface area contributed by atoms with Gasteiger partial charge in [0.1, 0.15) is 6.10 Å². The highest BCUT2D eigenvalue weighted by Gasteiger charge is 2.29. The smallest absolute Gasteiger partial charge is 0.266 e. The predicted molar refractivity (Wildman–Crippen MR) is 84.1 cm³/mol. The van der Waals surface area contributed by atoms with E-state index in [2.05, 4.69) is 15.4 Å². The number of hydrogen-bond donors (Lipinski definition) is 3. The minimum Gasteiger partial charge on any atom is -0.364 e. The fourth-order valence-corrected chi connectivity index (χ4v) is 2.97. The van der Waals surface area contributed by atoms with Crippen LogP contribution in [0.25, 0.3) is 5.65 Å². The molecule has 0 unspecified atom stereocenters. The van der Waals surface area contributed by atoms with Crippen molar-refractivity contribution in [3.05, 3.63) is 33.4 Å². The molecule has 1 fully saturated rings. The number of aromatic amines is 1. The molecule has 0 bridgehead atoms. The van der Waals surface area contributed by atoms with Crippen LogP contribution >= 0.6 is 0 Å². The zero-order valence-electron chi connectivity index (χ0n) is 13.3. The normalized spacial score (nSPS) is 21.0. The zero-order chi connectivity index (χ0) is 16.6. The van der Waals surface area contributed by atoms with E-state index < -0.39 is 6.10 Å². The van der Waals surface area contributed by atoms with Gasteiger partial charge in [0.15, 0.2) is 5.65 Å². The highest BCUT2D eigenvalue weighted by molar-refractivity contribution is 5.81. The average Bonchev–Trinajstić information content (AvgIpc) is 3.12. The molecule has 0 radical (unpaired) electrons. The first kappa shape index (κ1) is 15.7. The Bertz CT molecular complexity index is 794. The van der Waals surface area contributed by atoms with Crippen molar-refractivity contribution in [2.24, 2.45) is 5.73 Å². The van der Waals surface area contributed by atoms with E-state index >= 15 is 0 Å². The number of hydrogen-bond acceptors (Lipinski definition) is 5. The average molecular weight is 319 g/mol. The number of nitrogens with zero attached hydrogens (tertiary/aromatic N) is 2. The first-order chi connectivity index (χ1) is 11.0. The van der Waals surface area contributed by atoms with E-state index in [0.717, 1.165) is 23.4 Å². The molecule has 4 N–H and O–H groups in total. The molecule has 1 aliphatic heterocycles. The Hall–Kier alpha value is -2.19. The molecular formula is C15H21N5O3. The molecule has 2 aromatic rings. The van der Waals surface area contributed by atoms with E-state index in [-0.39, 0.29) is 17.6 Å². The molecule has 1 aliphatic rings. The number of nitrogens with one attached hydrogen (secondary N) is 2. The van der Waals surface area contributed by atoms with E-state index in [9.17, 15) is 9.59 Å². The number of carbonyl (C=O) groups is 1. The van der Waals surface area contributed by atoms with Crippen LogP contribution in [0.5, 0.6) is 0 Å². The summed E-state index contributed by atoms with van der Waals surface area (Å²) >= 11 is 0. The van der Waals surface area contributed by atoms with Gasteiger partial charge in [0, 0.05) is 36.1 Å². The van der Waals surface area contributed by atoms with Crippen molar-refractivity contribution in [1.82, 2.24) is 19.9 Å². The second-order valence-electron chi connectivity index (χ2n) is 5.85. The van der Waals surface area contributed by atoms with Gasteiger partial charge in [-0.25, -0.2) is 9.50 Å². The van der Waals surface area contributed by atoms with E-state index in [1.165, 1.54) is 6.07 Å². The summed E-state index contributed by atoms with van der Waals surface area (Å²) in [6.07, 6.45) is 1.03. The molecule has 1 saturated heterocycles. The Morgan fingerprint density at radius 1 is 1.52 bits per heavy atom. The fourth-order valence-electron chi connectivity index (χ4n) is 2.97. The first-order valence-corrected chi connectivity index (χ1v) is 7.70. The van der Waals surface area contributed by atoms with Crippen LogP contribution in [0.2, 0.25) is 0 Å². The summed E-state index contributed by atoms with van der Waals surface area (Å²) < 4.78 is 7.22. The molecule has 1 amide bonds. The van der Waals surface area contributed by atoms with Crippen LogP contribution in [0.3, 0.4) is 0 Å². The molecule has 0 saturated carbocycles. The summed E-state index contributed by atoms with van der Waals surface area (Å²) in [6.45, 7) is 4.52. The van der Waals surface area contributed by atoms with Crippen molar-refractivity contribution >= 4 is 11.6 Å². The van der Waals surface area contributed by atoms with Gasteiger partial charge in [-0.1, -0.05) is 0 Å². The third kappa shape index (κ3) is 2.99. The van der Waals surface area contributed by atoms with Gasteiger partial charge in [0.2, 0.25) is 5.91 Å². The lowest BCUT2D eigenvalue weighted by Gasteiger charge is -2.15. The molecule has 0 aromatic carbocycles. The molecule has 3 heterocycles. The van der Waals surface area contributed by atoms with Gasteiger partial charge in [0.05, 0.1) is 6.10 Å². The van der Waals surface area contributed by atoms with Crippen molar-refractivity contribution in [2.45, 2.75) is 45.4 Å². The highest BCUT2D eigenvalue weighted by Crippen LogP contribution is 2.19. The maximum absolute atomic E-state index is 12.2. The zero-order valence-corrected chi connectivity index (χ0v) is 13.3. The summed E-state index contributed by atoms with van der Waals surface area (Å²) in [7, 11) is 0. The minimum atomic E-state index is -0.438. The molecule has 8 nitrogen and oxygen atoms in total. The van der Waals surface area contributed by atoms with Crippen molar-refractivity contribution in [2.75, 3.05) is 6.54 Å². The number of nitrogens with two attached hydrogens (primary N) is 1. The Balaban J connectivity index is 1.74. The summed E-state index contributed by atoms with van der Waals surface area (Å²) in [5.41, 5.74) is 8.45. The third-order valence-electron chi connectivity index (χ3n) is 4.30. The molecule has 3 rings (SSSR count). The van der Waals surface area contributed by atoms with Crippen LogP contribution in [-0.2, 0) is 16.1 Å². The van der Waals surface area contributed by atoms with Crippen LogP contribution in [0.1, 0.15) is 29.8 Å². The molecular weight excluding hydrogens is 298 g/mol. The Labute approximate surface area is 133 Å². The van der Waals surface area contributed by atoms with Crippen LogP contribution in [0.4, 0.5) is 0 Å². The maximum Gasteiger partial charge on any atom is 0.266 e. The number of aromatic nitrogens is 3. The Morgan fingerprint density at radius 3 is 3.00 bits per heavy atom. The van der Waals surface area contributed by atoms with Crippen LogP contribution < -0.4 is 16.6 Å². The van der Waals surface area contributed by atoms with Gasteiger partial charge >= 0.3 is 0 Å². The molecule has 2 atom stereocenters. The molecule has 8 heteroatoms. The second-order valence-corrected chi connectivity index (χ2v) is 5.85. The molecule has 2 aromatic heterocycles. The quantitative estimate of drug-likeness (QED) is 0.719. The Kier molecular flexibility index (Phi) is 4.18. The topological polar surface area (TPSA) is 115 Å². The number of carbonyl (C=O) groups excluding carboxylic acids is 1. The summed E-state index contributed by atoms with van der Waals surface area (Å²) in [5, 5.41) is 5.59. The van der Waals surface area contributed by atoms with Gasteiger partial charge in [-0.15, -0.1) is 0 Å². The molecule has 0 spiro atoms. The van der Waals surface area contributed by atoms with Crippen molar-refractivity contribution in [3.8, 4) is 0 Å². The monoisotopic (exact) mass is 319 g/mol. The number of amides is 1. The minimum absolute atomic E-state index is 0.0304. The lowest BCUT2D eigenvalue weighted by molar-refractivity contribution is -0.132. The van der Waals surface area contributed by atoms with Crippen LogP contribution in [-0.4, -0.2) is 39.3 Å². The van der Waals surface area contributed by atoms with Crippen LogP contribution in [0.15, 0.2) is 10.9 Å². The van der Waals surface area contributed by atoms with Crippen molar-refractivity contribution in [3.63, 3.8) is 0 Å². The predicted octanol–water partition coefficient (Wildman–Crippen LogP) is -0.238. The van der Waals surface area contributed by atoms with Crippen molar-refractivity contribution in [1.29, 1.82) is 0 Å². The van der Waals surface area contributed by atoms with Gasteiger partial charge < -0.3 is 15.8 Å². The lowest BCUT2D eigenvalue weighted by Crippen LogP contribution is -2.35. The largest absolute Gasteiger partial charge is 0.364 e. The van der Waals surface area contributed by atoms with E-state index in [0.29, 0.717) is 25.2 Å². The maximum atomic E-state index is 12.2. The molecule has 0 aliphatic carbocycles. The summed E-state index contributed by atoms with van der Waals surface area (Å²) in [5.74, 6) is -0.138. The first-order valence-electron chi connectivity index (χ1n) is 7.70. The van der Waals surface area contributed by atoms with E-state index in [4.69, 9.17) is 10.5 Å². The summed E-state index contributed by atoms with van der Waals surface area (Å²) in [4.78, 5) is 28.0. The van der Waals surface area contributed by atoms with Gasteiger partial charge in [-0.2, -0.15) is 0 Å². The number of aryl methyl sites for hydroxylation is 2. The highest BCUT2D eigenvalue weighted by atomic mass is 16.5. The molecule has 124 valence electrons. The van der Waals surface area contributed by atoms with Gasteiger partial charge in [-0.05, 0) is 26.7 Å². The standard InChI is InChI=1S/C15H21N5O3/c1-8-11(9(2)20-13(18-8)5-14(21)19-20)7-17-15(22)12-4-3-10(6-16)23-12/h5,10,12H,3-4,6-7,16H2,1-2H3,(H,17,22)(H,19,21)/t10-,12+/m1/s1. The second kappa shape index (κ2) is 6.13. The fraction of sp³-hybridized carbons (Fsp3) is 0.533. The molecule has 23 heavy (non-hydrogen) atoms. The number of ether oxygens (including phenoxy) is 1. The third-order valence-corrected chi connectivity index (χ3v) is 4.30. The summed E-state index contributed by atoms with van der Waals surface area (Å²) in [6, 6.07) is 1.45. The van der Waals surface area contributed by atoms with E-state index in [1.54, 1.807) is 4.52 Å². The number of rotatable bonds is 4. The SMILES string of the molecule is Cc1nc2cc(=O)[nH]n2c(C)c1CNC(=O)[C@@H]1CC[C@H](CN)O1. The van der Waals surface area contributed by atoms with Gasteiger partial charge in [0.25, 0.3) is 5.56 Å². The number of fused-ring (bicyclic) bond motifs is 1. The van der Waals surface area contributed by atoms with Crippen LogP contribution in [0, 0.1) is 13.8 Å². The lowest BCUT2D eigenvalue weighted by atomic mass is 10.1.